The molecule has 0 bridgehead atoms. The fourth-order valence-corrected chi connectivity index (χ4v) is 4.11. The number of amides is 1. The number of nitrogens with zero attached hydrogens (tertiary/aromatic N) is 2. The molecule has 7 heteroatoms. The molecule has 1 amide bonds. The lowest BCUT2D eigenvalue weighted by Crippen LogP contribution is -2.39. The van der Waals surface area contributed by atoms with Gasteiger partial charge in [-0.3, -0.25) is 14.2 Å². The highest BCUT2D eigenvalue weighted by atomic mass is 35.5. The number of carbonyl (C=O) groups excluding carboxylic acids is 1. The van der Waals surface area contributed by atoms with E-state index in [-0.39, 0.29) is 17.9 Å². The molecule has 180 valence electrons. The van der Waals surface area contributed by atoms with Crippen molar-refractivity contribution in [3.63, 3.8) is 0 Å². The van der Waals surface area contributed by atoms with Gasteiger partial charge in [-0.2, -0.15) is 0 Å². The van der Waals surface area contributed by atoms with Crippen LogP contribution in [0.1, 0.15) is 31.4 Å². The van der Waals surface area contributed by atoms with Gasteiger partial charge in [-0.1, -0.05) is 61.8 Å². The van der Waals surface area contributed by atoms with Gasteiger partial charge in [0.25, 0.3) is 5.56 Å². The van der Waals surface area contributed by atoms with Gasteiger partial charge < -0.3 is 5.32 Å². The number of hydrogen-bond donors (Lipinski definition) is 1. The minimum absolute atomic E-state index is 0.0495. The Morgan fingerprint density at radius 1 is 0.914 bits per heavy atom. The molecule has 1 aromatic heterocycles. The topological polar surface area (TPSA) is 73.1 Å². The van der Waals surface area contributed by atoms with Crippen LogP contribution < -0.4 is 16.6 Å². The zero-order chi connectivity index (χ0) is 24.9. The smallest absolute Gasteiger partial charge is 0.336 e. The Morgan fingerprint density at radius 2 is 1.57 bits per heavy atom. The van der Waals surface area contributed by atoms with E-state index in [1.807, 2.05) is 18.2 Å². The van der Waals surface area contributed by atoms with Crippen LogP contribution in [0, 0.1) is 5.92 Å². The van der Waals surface area contributed by atoms with Crippen molar-refractivity contribution in [2.75, 3.05) is 6.54 Å². The van der Waals surface area contributed by atoms with Crippen molar-refractivity contribution in [3.8, 4) is 5.69 Å². The molecule has 0 radical (unpaired) electrons. The number of rotatable bonds is 8. The van der Waals surface area contributed by atoms with Gasteiger partial charge in [0.1, 0.15) is 0 Å². The minimum Gasteiger partial charge on any atom is -0.356 e. The molecule has 4 rings (SSSR count). The van der Waals surface area contributed by atoms with E-state index in [9.17, 15) is 14.4 Å². The van der Waals surface area contributed by atoms with Gasteiger partial charge in [-0.15, -0.1) is 0 Å². The molecule has 3 aromatic carbocycles. The highest BCUT2D eigenvalue weighted by molar-refractivity contribution is 6.30. The van der Waals surface area contributed by atoms with Gasteiger partial charge in [0.2, 0.25) is 5.91 Å². The first-order valence-corrected chi connectivity index (χ1v) is 12.1. The summed E-state index contributed by atoms with van der Waals surface area (Å²) in [7, 11) is 0. The second kappa shape index (κ2) is 10.7. The monoisotopic (exact) mass is 489 g/mol. The Kier molecular flexibility index (Phi) is 7.51. The molecule has 0 aliphatic heterocycles. The maximum absolute atomic E-state index is 13.5. The first-order valence-electron chi connectivity index (χ1n) is 11.7. The lowest BCUT2D eigenvalue weighted by molar-refractivity contribution is -0.120. The van der Waals surface area contributed by atoms with Crippen LogP contribution in [-0.2, 0) is 17.8 Å². The summed E-state index contributed by atoms with van der Waals surface area (Å²) in [6, 6.07) is 21.3. The van der Waals surface area contributed by atoms with Crippen LogP contribution in [0.2, 0.25) is 5.02 Å². The highest BCUT2D eigenvalue weighted by Gasteiger charge is 2.15. The van der Waals surface area contributed by atoms with Crippen LogP contribution in [0.25, 0.3) is 16.6 Å². The van der Waals surface area contributed by atoms with Gasteiger partial charge in [0, 0.05) is 11.6 Å². The van der Waals surface area contributed by atoms with E-state index >= 15 is 0 Å². The molecule has 1 N–H and O–H groups in total. The predicted octanol–water partition coefficient (Wildman–Crippen LogP) is 4.56. The molecule has 0 aliphatic carbocycles. The predicted molar refractivity (Wildman–Crippen MR) is 141 cm³/mol. The van der Waals surface area contributed by atoms with E-state index in [0.717, 1.165) is 17.5 Å². The molecule has 0 aliphatic rings. The van der Waals surface area contributed by atoms with Gasteiger partial charge >= 0.3 is 5.69 Å². The third-order valence-corrected chi connectivity index (χ3v) is 6.16. The zero-order valence-electron chi connectivity index (χ0n) is 19.8. The normalized spacial score (nSPS) is 11.2. The third kappa shape index (κ3) is 5.72. The summed E-state index contributed by atoms with van der Waals surface area (Å²) < 4.78 is 2.78. The van der Waals surface area contributed by atoms with Crippen molar-refractivity contribution in [2.24, 2.45) is 5.92 Å². The first-order chi connectivity index (χ1) is 16.8. The van der Waals surface area contributed by atoms with E-state index in [2.05, 4.69) is 19.2 Å². The summed E-state index contributed by atoms with van der Waals surface area (Å²) in [6.45, 7) is 5.17. The number of halogens is 1. The average Bonchev–Trinajstić information content (AvgIpc) is 2.84. The van der Waals surface area contributed by atoms with Crippen LogP contribution in [0.15, 0.2) is 82.4 Å². The van der Waals surface area contributed by atoms with Gasteiger partial charge in [0.05, 0.1) is 29.6 Å². The van der Waals surface area contributed by atoms with Crippen molar-refractivity contribution < 1.29 is 4.79 Å². The van der Waals surface area contributed by atoms with Crippen LogP contribution in [0.5, 0.6) is 0 Å². The number of aromatic nitrogens is 2. The first kappa shape index (κ1) is 24.5. The quantitative estimate of drug-likeness (QED) is 0.394. The fourth-order valence-electron chi connectivity index (χ4n) is 3.98. The number of hydrogen-bond acceptors (Lipinski definition) is 3. The molecule has 0 saturated heterocycles. The van der Waals surface area contributed by atoms with Crippen molar-refractivity contribution in [1.29, 1.82) is 0 Å². The second-order valence-corrected chi connectivity index (χ2v) is 9.47. The maximum atomic E-state index is 13.5. The second-order valence-electron chi connectivity index (χ2n) is 9.03. The van der Waals surface area contributed by atoms with Crippen molar-refractivity contribution in [2.45, 2.75) is 33.2 Å². The largest absolute Gasteiger partial charge is 0.356 e. The molecule has 1 heterocycles. The Balaban J connectivity index is 1.67. The summed E-state index contributed by atoms with van der Waals surface area (Å²) >= 11 is 6.01. The van der Waals surface area contributed by atoms with E-state index in [0.29, 0.717) is 40.6 Å². The van der Waals surface area contributed by atoms with E-state index in [1.165, 1.54) is 4.57 Å². The molecular weight excluding hydrogens is 462 g/mol. The van der Waals surface area contributed by atoms with E-state index in [4.69, 9.17) is 11.6 Å². The summed E-state index contributed by atoms with van der Waals surface area (Å²) in [5.41, 5.74) is 1.93. The Bertz CT molecular complexity index is 1450. The van der Waals surface area contributed by atoms with E-state index < -0.39 is 5.69 Å². The fraction of sp³-hybridized carbons (Fsp3) is 0.250. The molecule has 0 fully saturated rings. The number of fused-ring (bicyclic) bond motifs is 1. The molecule has 0 atom stereocenters. The Labute approximate surface area is 208 Å². The van der Waals surface area contributed by atoms with Crippen LogP contribution >= 0.6 is 11.6 Å². The lowest BCUT2D eigenvalue weighted by atomic mass is 10.1. The number of benzene rings is 3. The van der Waals surface area contributed by atoms with Crippen LogP contribution in [-0.4, -0.2) is 21.6 Å². The van der Waals surface area contributed by atoms with Crippen molar-refractivity contribution >= 4 is 28.4 Å². The Morgan fingerprint density at radius 3 is 2.26 bits per heavy atom. The lowest BCUT2D eigenvalue weighted by Gasteiger charge is -2.15. The summed E-state index contributed by atoms with van der Waals surface area (Å²) in [4.78, 5) is 39.1. The van der Waals surface area contributed by atoms with Gasteiger partial charge in [-0.25, -0.2) is 9.36 Å². The standard InChI is InChI=1S/C28H28ClN3O3/c1-19(2)15-16-30-26(33)17-20-9-13-23(14-10-20)32-27(34)24-5-3-4-6-25(24)31(28(32)35)18-21-7-11-22(29)12-8-21/h3-14,19H,15-18H2,1-2H3,(H,30,33). The summed E-state index contributed by atoms with van der Waals surface area (Å²) in [6.07, 6.45) is 1.17. The van der Waals surface area contributed by atoms with Gasteiger partial charge in [-0.05, 0) is 59.9 Å². The van der Waals surface area contributed by atoms with Crippen molar-refractivity contribution in [3.05, 3.63) is 110 Å². The van der Waals surface area contributed by atoms with E-state index in [1.54, 1.807) is 59.2 Å². The molecule has 6 nitrogen and oxygen atoms in total. The molecule has 0 unspecified atom stereocenters. The van der Waals surface area contributed by atoms with Gasteiger partial charge in [0.15, 0.2) is 0 Å². The molecule has 0 spiro atoms. The maximum Gasteiger partial charge on any atom is 0.336 e. The van der Waals surface area contributed by atoms with Crippen molar-refractivity contribution in [1.82, 2.24) is 14.5 Å². The SMILES string of the molecule is CC(C)CCNC(=O)Cc1ccc(-n2c(=O)c3ccccc3n(Cc3ccc(Cl)cc3)c2=O)cc1. The summed E-state index contributed by atoms with van der Waals surface area (Å²) in [5, 5.41) is 3.99. The van der Waals surface area contributed by atoms with Crippen LogP contribution in [0.4, 0.5) is 0 Å². The minimum atomic E-state index is -0.428. The highest BCUT2D eigenvalue weighted by Crippen LogP contribution is 2.15. The zero-order valence-corrected chi connectivity index (χ0v) is 20.6. The van der Waals surface area contributed by atoms with Crippen LogP contribution in [0.3, 0.4) is 0 Å². The molecule has 0 saturated carbocycles. The molecule has 35 heavy (non-hydrogen) atoms. The summed E-state index contributed by atoms with van der Waals surface area (Å²) in [5.74, 6) is 0.477. The Hall–Kier alpha value is -3.64. The molecule has 4 aromatic rings. The average molecular weight is 490 g/mol. The molecular formula is C28H28ClN3O3. The number of para-hydroxylation sites is 1. The number of nitrogens with one attached hydrogen (secondary N) is 1. The third-order valence-electron chi connectivity index (χ3n) is 5.91. The number of carbonyl (C=O) groups is 1.